The maximum Gasteiger partial charge on any atom is 0.101 e. The molecule has 2 nitrogen and oxygen atoms in total. The van der Waals surface area contributed by atoms with Crippen molar-refractivity contribution < 1.29 is 0 Å². The highest BCUT2D eigenvalue weighted by molar-refractivity contribution is 4.96. The Morgan fingerprint density at radius 1 is 0.333 bits per heavy atom. The third-order valence-electron chi connectivity index (χ3n) is 9.03. The van der Waals surface area contributed by atoms with Crippen LogP contribution in [0.1, 0.15) is 207 Å². The molecule has 39 heavy (non-hydrogen) atoms. The normalized spacial score (nSPS) is 15.2. The first-order valence-corrected chi connectivity index (χ1v) is 18.5. The molecule has 1 heterocycles. The third kappa shape index (κ3) is 21.7. The van der Waals surface area contributed by atoms with Crippen LogP contribution in [0, 0.1) is 0 Å². The molecule has 0 aliphatic carbocycles. The molecule has 1 aliphatic rings. The van der Waals surface area contributed by atoms with E-state index in [2.05, 4.69) is 43.0 Å². The first-order chi connectivity index (χ1) is 19.3. The van der Waals surface area contributed by atoms with Gasteiger partial charge < -0.3 is 9.80 Å². The van der Waals surface area contributed by atoms with Crippen LogP contribution in [0.5, 0.6) is 0 Å². The lowest BCUT2D eigenvalue weighted by molar-refractivity contribution is 0.137. The van der Waals surface area contributed by atoms with Crippen molar-refractivity contribution in [2.24, 2.45) is 0 Å². The molecule has 0 bridgehead atoms. The standard InChI is InChI=1S/C37H74N2/c1-4-7-9-11-13-15-17-18-19-20-21-22-23-24-26-28-30-32-37-38(33-6-3)35-36-39(37)34-31-29-27-25-16-14-12-10-8-5-2/h35-37H,4-34H2,1-3H3. The van der Waals surface area contributed by atoms with Crippen molar-refractivity contribution in [3.8, 4) is 0 Å². The molecule has 1 rings (SSSR count). The molecule has 0 fully saturated rings. The Labute approximate surface area is 248 Å². The predicted molar refractivity (Wildman–Crippen MR) is 177 cm³/mol. The molecular formula is C37H74N2. The Balaban J connectivity index is 1.97. The van der Waals surface area contributed by atoms with E-state index in [9.17, 15) is 0 Å². The quantitative estimate of drug-likeness (QED) is 0.0798. The Kier molecular flexibility index (Phi) is 26.9. The van der Waals surface area contributed by atoms with Gasteiger partial charge in [0.2, 0.25) is 0 Å². The Hall–Kier alpha value is -0.660. The molecule has 0 aromatic heterocycles. The molecule has 0 aromatic carbocycles. The van der Waals surface area contributed by atoms with Crippen LogP contribution in [0.15, 0.2) is 12.4 Å². The van der Waals surface area contributed by atoms with Gasteiger partial charge >= 0.3 is 0 Å². The summed E-state index contributed by atoms with van der Waals surface area (Å²) in [5, 5.41) is 0. The van der Waals surface area contributed by atoms with Gasteiger partial charge in [0.25, 0.3) is 0 Å². The molecule has 232 valence electrons. The predicted octanol–water partition coefficient (Wildman–Crippen LogP) is 12.8. The van der Waals surface area contributed by atoms with Gasteiger partial charge in [-0.05, 0) is 25.7 Å². The molecule has 2 heteroatoms. The summed E-state index contributed by atoms with van der Waals surface area (Å²) in [5.41, 5.74) is 0. The lowest BCUT2D eigenvalue weighted by Gasteiger charge is -2.33. The maximum absolute atomic E-state index is 2.67. The van der Waals surface area contributed by atoms with E-state index in [1.807, 2.05) is 0 Å². The number of hydrogen-bond donors (Lipinski definition) is 0. The first kappa shape index (κ1) is 36.4. The maximum atomic E-state index is 2.67. The fourth-order valence-electron chi connectivity index (χ4n) is 6.43. The summed E-state index contributed by atoms with van der Waals surface area (Å²) >= 11 is 0. The zero-order chi connectivity index (χ0) is 28.1. The lowest BCUT2D eigenvalue weighted by atomic mass is 10.0. The third-order valence-corrected chi connectivity index (χ3v) is 9.03. The fraction of sp³-hybridized carbons (Fsp3) is 0.946. The topological polar surface area (TPSA) is 6.48 Å². The van der Waals surface area contributed by atoms with Crippen molar-refractivity contribution in [3.63, 3.8) is 0 Å². The minimum Gasteiger partial charge on any atom is -0.356 e. The Morgan fingerprint density at radius 2 is 0.641 bits per heavy atom. The van der Waals surface area contributed by atoms with E-state index in [1.165, 1.54) is 199 Å². The van der Waals surface area contributed by atoms with E-state index < -0.39 is 0 Å². The summed E-state index contributed by atoms with van der Waals surface area (Å²) in [4.78, 5) is 5.30. The molecule has 0 amide bonds. The van der Waals surface area contributed by atoms with E-state index in [0.717, 1.165) is 0 Å². The summed E-state index contributed by atoms with van der Waals surface area (Å²) < 4.78 is 0. The van der Waals surface area contributed by atoms with Crippen molar-refractivity contribution in [3.05, 3.63) is 12.4 Å². The van der Waals surface area contributed by atoms with Crippen molar-refractivity contribution >= 4 is 0 Å². The number of nitrogens with zero attached hydrogens (tertiary/aromatic N) is 2. The molecule has 1 aliphatic heterocycles. The van der Waals surface area contributed by atoms with Crippen molar-refractivity contribution in [2.45, 2.75) is 213 Å². The molecule has 0 spiro atoms. The molecule has 0 saturated heterocycles. The van der Waals surface area contributed by atoms with Crippen LogP contribution >= 0.6 is 0 Å². The Morgan fingerprint density at radius 3 is 1.00 bits per heavy atom. The van der Waals surface area contributed by atoms with Crippen LogP contribution in [0.4, 0.5) is 0 Å². The van der Waals surface area contributed by atoms with Crippen molar-refractivity contribution in [1.82, 2.24) is 9.80 Å². The number of hydrogen-bond acceptors (Lipinski definition) is 2. The van der Waals surface area contributed by atoms with Crippen molar-refractivity contribution in [2.75, 3.05) is 13.1 Å². The second-order valence-corrected chi connectivity index (χ2v) is 12.9. The van der Waals surface area contributed by atoms with E-state index in [4.69, 9.17) is 0 Å². The van der Waals surface area contributed by atoms with Gasteiger partial charge in [0, 0.05) is 25.5 Å². The van der Waals surface area contributed by atoms with Gasteiger partial charge in [0.1, 0.15) is 6.17 Å². The molecule has 1 atom stereocenters. The highest BCUT2D eigenvalue weighted by Gasteiger charge is 2.24. The van der Waals surface area contributed by atoms with Gasteiger partial charge in [0.15, 0.2) is 0 Å². The van der Waals surface area contributed by atoms with Gasteiger partial charge in [-0.3, -0.25) is 0 Å². The smallest absolute Gasteiger partial charge is 0.101 e. The molecule has 0 radical (unpaired) electrons. The van der Waals surface area contributed by atoms with E-state index in [0.29, 0.717) is 6.17 Å². The van der Waals surface area contributed by atoms with Gasteiger partial charge in [-0.25, -0.2) is 0 Å². The van der Waals surface area contributed by atoms with Crippen LogP contribution < -0.4 is 0 Å². The zero-order valence-corrected chi connectivity index (χ0v) is 27.5. The highest BCUT2D eigenvalue weighted by atomic mass is 15.4. The van der Waals surface area contributed by atoms with Gasteiger partial charge in [-0.15, -0.1) is 0 Å². The zero-order valence-electron chi connectivity index (χ0n) is 27.5. The van der Waals surface area contributed by atoms with E-state index >= 15 is 0 Å². The fourth-order valence-corrected chi connectivity index (χ4v) is 6.43. The average Bonchev–Trinajstić information content (AvgIpc) is 3.32. The largest absolute Gasteiger partial charge is 0.356 e. The number of rotatable bonds is 31. The molecule has 0 aromatic rings. The summed E-state index contributed by atoms with van der Waals surface area (Å²) in [6, 6.07) is 0. The van der Waals surface area contributed by atoms with E-state index in [1.54, 1.807) is 0 Å². The molecular weight excluding hydrogens is 472 g/mol. The van der Waals surface area contributed by atoms with Crippen LogP contribution in [-0.2, 0) is 0 Å². The second kappa shape index (κ2) is 28.9. The monoisotopic (exact) mass is 547 g/mol. The second-order valence-electron chi connectivity index (χ2n) is 12.9. The highest BCUT2D eigenvalue weighted by Crippen LogP contribution is 2.23. The van der Waals surface area contributed by atoms with Crippen molar-refractivity contribution in [1.29, 1.82) is 0 Å². The summed E-state index contributed by atoms with van der Waals surface area (Å²) in [7, 11) is 0. The lowest BCUT2D eigenvalue weighted by Crippen LogP contribution is -2.39. The average molecular weight is 547 g/mol. The first-order valence-electron chi connectivity index (χ1n) is 18.5. The Bertz CT molecular complexity index is 502. The summed E-state index contributed by atoms with van der Waals surface area (Å²) in [6.07, 6.45) is 47.1. The minimum atomic E-state index is 0.639. The summed E-state index contributed by atoms with van der Waals surface area (Å²) in [6.45, 7) is 9.42. The van der Waals surface area contributed by atoms with Crippen LogP contribution in [0.25, 0.3) is 0 Å². The molecule has 0 saturated carbocycles. The van der Waals surface area contributed by atoms with Gasteiger partial charge in [0.05, 0.1) is 0 Å². The van der Waals surface area contributed by atoms with Crippen LogP contribution in [0.2, 0.25) is 0 Å². The summed E-state index contributed by atoms with van der Waals surface area (Å²) in [5.74, 6) is 0. The SMILES string of the molecule is CCCCCCCCCCCCCCCCCCCC1N(CCC)C=CN1CCCCCCCCCCCC. The molecule has 0 N–H and O–H groups in total. The van der Waals surface area contributed by atoms with Gasteiger partial charge in [-0.2, -0.15) is 0 Å². The van der Waals surface area contributed by atoms with Crippen LogP contribution in [0.3, 0.4) is 0 Å². The molecule has 1 unspecified atom stereocenters. The van der Waals surface area contributed by atoms with Gasteiger partial charge in [-0.1, -0.05) is 181 Å². The van der Waals surface area contributed by atoms with Crippen LogP contribution in [-0.4, -0.2) is 29.1 Å². The number of unbranched alkanes of at least 4 members (excludes halogenated alkanes) is 25. The minimum absolute atomic E-state index is 0.639. The van der Waals surface area contributed by atoms with E-state index in [-0.39, 0.29) is 0 Å².